The normalized spacial score (nSPS) is 22.6. The highest BCUT2D eigenvalue weighted by Crippen LogP contribution is 2.23. The lowest BCUT2D eigenvalue weighted by Crippen LogP contribution is -2.42. The molecule has 1 aromatic rings. The first-order valence-corrected chi connectivity index (χ1v) is 6.81. The molecule has 1 heterocycles. The molecule has 5 heteroatoms. The number of carbonyl (C=O) groups is 1. The Bertz CT molecular complexity index is 485. The van der Waals surface area contributed by atoms with E-state index < -0.39 is 11.7 Å². The first-order chi connectivity index (χ1) is 9.35. The minimum absolute atomic E-state index is 0.0539. The average molecular weight is 280 g/mol. The number of nitrogens with one attached hydrogen (secondary N) is 2. The molecule has 1 amide bonds. The van der Waals surface area contributed by atoms with Crippen molar-refractivity contribution in [2.45, 2.75) is 38.3 Å². The van der Waals surface area contributed by atoms with E-state index in [1.165, 1.54) is 12.1 Å². The first-order valence-electron chi connectivity index (χ1n) is 6.81. The van der Waals surface area contributed by atoms with E-state index in [1.807, 2.05) is 26.8 Å². The van der Waals surface area contributed by atoms with Crippen molar-refractivity contribution in [3.63, 3.8) is 0 Å². The molecule has 1 fully saturated rings. The lowest BCUT2D eigenvalue weighted by Gasteiger charge is -2.24. The predicted molar refractivity (Wildman–Crippen MR) is 75.2 cm³/mol. The smallest absolute Gasteiger partial charge is 0.407 e. The van der Waals surface area contributed by atoms with Crippen LogP contribution >= 0.6 is 0 Å². The van der Waals surface area contributed by atoms with Gasteiger partial charge in [0.15, 0.2) is 0 Å². The number of alkyl carbamates (subject to hydrolysis) is 1. The Morgan fingerprint density at radius 3 is 2.80 bits per heavy atom. The van der Waals surface area contributed by atoms with Gasteiger partial charge in [-0.15, -0.1) is 0 Å². The van der Waals surface area contributed by atoms with E-state index in [0.29, 0.717) is 13.1 Å². The Hall–Kier alpha value is -1.62. The topological polar surface area (TPSA) is 50.4 Å². The minimum atomic E-state index is -0.523. The van der Waals surface area contributed by atoms with Crippen LogP contribution in [0.1, 0.15) is 32.3 Å². The van der Waals surface area contributed by atoms with Crippen molar-refractivity contribution in [3.8, 4) is 0 Å². The maximum Gasteiger partial charge on any atom is 0.407 e. The molecule has 1 aliphatic rings. The molecule has 0 saturated carbocycles. The minimum Gasteiger partial charge on any atom is -0.444 e. The SMILES string of the molecule is CC(C)(C)OC(=O)NC1CNC[C@H]1c1cccc(F)c1. The summed E-state index contributed by atoms with van der Waals surface area (Å²) in [5, 5.41) is 6.07. The molecule has 0 radical (unpaired) electrons. The highest BCUT2D eigenvalue weighted by atomic mass is 19.1. The number of amides is 1. The van der Waals surface area contributed by atoms with Gasteiger partial charge in [0.2, 0.25) is 0 Å². The van der Waals surface area contributed by atoms with Crippen LogP contribution in [0.5, 0.6) is 0 Å². The van der Waals surface area contributed by atoms with Gasteiger partial charge in [-0.3, -0.25) is 0 Å². The van der Waals surface area contributed by atoms with Crippen LogP contribution in [0, 0.1) is 5.82 Å². The zero-order valence-corrected chi connectivity index (χ0v) is 12.1. The molecule has 1 saturated heterocycles. The number of carbonyl (C=O) groups excluding carboxylic acids is 1. The average Bonchev–Trinajstić information content (AvgIpc) is 2.74. The predicted octanol–water partition coefficient (Wildman–Crippen LogP) is 2.41. The fraction of sp³-hybridized carbons (Fsp3) is 0.533. The van der Waals surface area contributed by atoms with Crippen LogP contribution < -0.4 is 10.6 Å². The van der Waals surface area contributed by atoms with E-state index in [1.54, 1.807) is 6.07 Å². The van der Waals surface area contributed by atoms with Crippen LogP contribution in [-0.4, -0.2) is 30.8 Å². The summed E-state index contributed by atoms with van der Waals surface area (Å²) < 4.78 is 18.6. The fourth-order valence-corrected chi connectivity index (χ4v) is 2.38. The highest BCUT2D eigenvalue weighted by Gasteiger charge is 2.31. The van der Waals surface area contributed by atoms with Crippen LogP contribution in [0.25, 0.3) is 0 Å². The molecule has 20 heavy (non-hydrogen) atoms. The van der Waals surface area contributed by atoms with Crippen molar-refractivity contribution in [1.29, 1.82) is 0 Å². The second kappa shape index (κ2) is 5.79. The Labute approximate surface area is 118 Å². The molecule has 2 rings (SSSR count). The van der Waals surface area contributed by atoms with Crippen LogP contribution in [0.4, 0.5) is 9.18 Å². The van der Waals surface area contributed by atoms with Gasteiger partial charge in [0, 0.05) is 19.0 Å². The first kappa shape index (κ1) is 14.8. The molecular formula is C15H21FN2O2. The van der Waals surface area contributed by atoms with Gasteiger partial charge >= 0.3 is 6.09 Å². The molecule has 4 nitrogen and oxygen atoms in total. The quantitative estimate of drug-likeness (QED) is 0.874. The molecule has 110 valence electrons. The summed E-state index contributed by atoms with van der Waals surface area (Å²) in [6, 6.07) is 6.41. The van der Waals surface area contributed by atoms with E-state index >= 15 is 0 Å². The van der Waals surface area contributed by atoms with Gasteiger partial charge in [-0.25, -0.2) is 9.18 Å². The van der Waals surface area contributed by atoms with Crippen molar-refractivity contribution in [2.24, 2.45) is 0 Å². The molecule has 1 aliphatic heterocycles. The molecule has 0 bridgehead atoms. The standard InChI is InChI=1S/C15H21FN2O2/c1-15(2,3)20-14(19)18-13-9-17-8-12(13)10-5-4-6-11(16)7-10/h4-7,12-13,17H,8-9H2,1-3H3,(H,18,19)/t12-,13?/m0/s1. The number of rotatable bonds is 2. The molecular weight excluding hydrogens is 259 g/mol. The Morgan fingerprint density at radius 1 is 1.40 bits per heavy atom. The number of ether oxygens (including phenoxy) is 1. The third-order valence-electron chi connectivity index (χ3n) is 3.19. The molecule has 2 atom stereocenters. The lowest BCUT2D eigenvalue weighted by atomic mass is 9.94. The molecule has 0 aromatic heterocycles. The Balaban J connectivity index is 2.03. The second-order valence-corrected chi connectivity index (χ2v) is 6.07. The van der Waals surface area contributed by atoms with Crippen LogP contribution in [0.3, 0.4) is 0 Å². The molecule has 0 spiro atoms. The van der Waals surface area contributed by atoms with Gasteiger partial charge in [0.1, 0.15) is 11.4 Å². The van der Waals surface area contributed by atoms with E-state index in [0.717, 1.165) is 5.56 Å². The van der Waals surface area contributed by atoms with Gasteiger partial charge in [0.05, 0.1) is 6.04 Å². The zero-order chi connectivity index (χ0) is 14.8. The van der Waals surface area contributed by atoms with E-state index in [2.05, 4.69) is 10.6 Å². The molecule has 1 aromatic carbocycles. The third-order valence-corrected chi connectivity index (χ3v) is 3.19. The summed E-state index contributed by atoms with van der Waals surface area (Å²) in [5.74, 6) is -0.205. The number of hydrogen-bond donors (Lipinski definition) is 2. The largest absolute Gasteiger partial charge is 0.444 e. The van der Waals surface area contributed by atoms with Crippen molar-refractivity contribution in [3.05, 3.63) is 35.6 Å². The summed E-state index contributed by atoms with van der Waals surface area (Å²) in [7, 11) is 0. The highest BCUT2D eigenvalue weighted by molar-refractivity contribution is 5.68. The number of benzene rings is 1. The summed E-state index contributed by atoms with van der Waals surface area (Å²) in [5.41, 5.74) is 0.362. The fourth-order valence-electron chi connectivity index (χ4n) is 2.38. The maximum absolute atomic E-state index is 13.3. The summed E-state index contributed by atoms with van der Waals surface area (Å²) in [4.78, 5) is 11.8. The van der Waals surface area contributed by atoms with E-state index in [9.17, 15) is 9.18 Å². The molecule has 2 N–H and O–H groups in total. The second-order valence-electron chi connectivity index (χ2n) is 6.07. The van der Waals surface area contributed by atoms with Gasteiger partial charge in [-0.1, -0.05) is 12.1 Å². The van der Waals surface area contributed by atoms with Crippen molar-refractivity contribution in [1.82, 2.24) is 10.6 Å². The van der Waals surface area contributed by atoms with Gasteiger partial charge < -0.3 is 15.4 Å². The van der Waals surface area contributed by atoms with Crippen molar-refractivity contribution < 1.29 is 13.9 Å². The van der Waals surface area contributed by atoms with Gasteiger partial charge in [-0.05, 0) is 38.5 Å². The van der Waals surface area contributed by atoms with Crippen molar-refractivity contribution in [2.75, 3.05) is 13.1 Å². The summed E-state index contributed by atoms with van der Waals surface area (Å²) >= 11 is 0. The van der Waals surface area contributed by atoms with E-state index in [-0.39, 0.29) is 17.8 Å². The van der Waals surface area contributed by atoms with Gasteiger partial charge in [0.25, 0.3) is 0 Å². The monoisotopic (exact) mass is 280 g/mol. The van der Waals surface area contributed by atoms with Gasteiger partial charge in [-0.2, -0.15) is 0 Å². The maximum atomic E-state index is 13.3. The lowest BCUT2D eigenvalue weighted by molar-refractivity contribution is 0.0504. The Kier molecular flexibility index (Phi) is 4.28. The number of hydrogen-bond acceptors (Lipinski definition) is 3. The zero-order valence-electron chi connectivity index (χ0n) is 12.1. The summed E-state index contributed by atoms with van der Waals surface area (Å²) in [6.45, 7) is 6.83. The van der Waals surface area contributed by atoms with Crippen LogP contribution in [0.15, 0.2) is 24.3 Å². The van der Waals surface area contributed by atoms with Crippen molar-refractivity contribution >= 4 is 6.09 Å². The molecule has 1 unspecified atom stereocenters. The summed E-state index contributed by atoms with van der Waals surface area (Å²) in [6.07, 6.45) is -0.437. The molecule has 0 aliphatic carbocycles. The number of halogens is 1. The van der Waals surface area contributed by atoms with Crippen LogP contribution in [0.2, 0.25) is 0 Å². The van der Waals surface area contributed by atoms with E-state index in [4.69, 9.17) is 4.74 Å². The Morgan fingerprint density at radius 2 is 2.15 bits per heavy atom. The van der Waals surface area contributed by atoms with Crippen LogP contribution in [-0.2, 0) is 4.74 Å². The third kappa shape index (κ3) is 3.93.